The maximum atomic E-state index is 12.7. The van der Waals surface area contributed by atoms with E-state index in [2.05, 4.69) is 15.4 Å². The minimum absolute atomic E-state index is 0.142. The van der Waals surface area contributed by atoms with E-state index in [1.807, 2.05) is 58.9 Å². The van der Waals surface area contributed by atoms with Crippen LogP contribution in [0.1, 0.15) is 35.1 Å². The molecule has 146 valence electrons. The van der Waals surface area contributed by atoms with Gasteiger partial charge in [-0.2, -0.15) is 5.10 Å². The van der Waals surface area contributed by atoms with Crippen molar-refractivity contribution in [2.45, 2.75) is 47.6 Å². The first-order valence-electron chi connectivity index (χ1n) is 9.30. The molecule has 0 aliphatic rings. The largest absolute Gasteiger partial charge is 0.324 e. The summed E-state index contributed by atoms with van der Waals surface area (Å²) in [5.41, 5.74) is 4.89. The number of aromatic nitrogens is 4. The van der Waals surface area contributed by atoms with E-state index >= 15 is 0 Å². The number of carbonyl (C=O) groups excluding carboxylic acids is 1. The zero-order chi connectivity index (χ0) is 20.4. The van der Waals surface area contributed by atoms with Gasteiger partial charge in [0, 0.05) is 23.1 Å². The van der Waals surface area contributed by atoms with Crippen LogP contribution in [0.2, 0.25) is 0 Å². The zero-order valence-electron chi connectivity index (χ0n) is 16.9. The number of rotatable bonds is 5. The molecular weight excluding hydrogens is 354 g/mol. The van der Waals surface area contributed by atoms with E-state index in [4.69, 9.17) is 0 Å². The number of anilines is 1. The van der Waals surface area contributed by atoms with E-state index in [0.29, 0.717) is 18.1 Å². The molecule has 7 heteroatoms. The summed E-state index contributed by atoms with van der Waals surface area (Å²) in [7, 11) is 0. The second-order valence-electron chi connectivity index (χ2n) is 6.96. The van der Waals surface area contributed by atoms with E-state index in [1.54, 1.807) is 4.68 Å². The lowest BCUT2D eigenvalue weighted by Crippen LogP contribution is -2.32. The molecule has 0 spiro atoms. The number of aryl methyl sites for hydroxylation is 4. The van der Waals surface area contributed by atoms with Crippen molar-refractivity contribution < 1.29 is 4.79 Å². The van der Waals surface area contributed by atoms with Crippen molar-refractivity contribution in [3.05, 3.63) is 68.9 Å². The molecule has 28 heavy (non-hydrogen) atoms. The van der Waals surface area contributed by atoms with Crippen molar-refractivity contribution in [3.8, 4) is 5.95 Å². The van der Waals surface area contributed by atoms with Gasteiger partial charge in [-0.3, -0.25) is 14.2 Å². The molecular formula is C21H25N5O2. The van der Waals surface area contributed by atoms with E-state index < -0.39 is 0 Å². The fraction of sp³-hybridized carbons (Fsp3) is 0.333. The maximum Gasteiger partial charge on any atom is 0.255 e. The minimum atomic E-state index is -0.287. The van der Waals surface area contributed by atoms with Crippen molar-refractivity contribution in [1.82, 2.24) is 19.3 Å². The monoisotopic (exact) mass is 379 g/mol. The van der Waals surface area contributed by atoms with Gasteiger partial charge in [-0.15, -0.1) is 0 Å². The standard InChI is InChI=1S/C21H25N5O2/c1-6-17-11-20(28)25(21(22-17)26-15(4)10-14(3)24-26)12-19(27)23-18-9-7-8-13(2)16(18)5/h7-11H,6,12H2,1-5H3,(H,23,27). The van der Waals surface area contributed by atoms with Crippen LogP contribution in [0.15, 0.2) is 35.1 Å². The summed E-state index contributed by atoms with van der Waals surface area (Å²) in [5, 5.41) is 7.34. The summed E-state index contributed by atoms with van der Waals surface area (Å²) in [5.74, 6) is 0.0655. The summed E-state index contributed by atoms with van der Waals surface area (Å²) in [4.78, 5) is 30.0. The van der Waals surface area contributed by atoms with E-state index in [-0.39, 0.29) is 18.0 Å². The highest BCUT2D eigenvalue weighted by Crippen LogP contribution is 2.18. The van der Waals surface area contributed by atoms with Gasteiger partial charge in [0.1, 0.15) is 6.54 Å². The smallest absolute Gasteiger partial charge is 0.255 e. The van der Waals surface area contributed by atoms with Crippen molar-refractivity contribution in [2.75, 3.05) is 5.32 Å². The molecule has 2 heterocycles. The third-order valence-electron chi connectivity index (χ3n) is 4.78. The van der Waals surface area contributed by atoms with Gasteiger partial charge in [0.05, 0.1) is 5.69 Å². The molecule has 0 radical (unpaired) electrons. The second-order valence-corrected chi connectivity index (χ2v) is 6.96. The number of hydrogen-bond acceptors (Lipinski definition) is 4. The van der Waals surface area contributed by atoms with Crippen LogP contribution in [-0.4, -0.2) is 25.2 Å². The molecule has 0 aliphatic heterocycles. The molecule has 1 N–H and O–H groups in total. The Hall–Kier alpha value is -3.22. The van der Waals surface area contributed by atoms with Crippen molar-refractivity contribution >= 4 is 11.6 Å². The molecule has 0 atom stereocenters. The van der Waals surface area contributed by atoms with Crippen LogP contribution in [-0.2, 0) is 17.8 Å². The highest BCUT2D eigenvalue weighted by atomic mass is 16.2. The molecule has 0 bridgehead atoms. The van der Waals surface area contributed by atoms with Crippen molar-refractivity contribution in [3.63, 3.8) is 0 Å². The Kier molecular flexibility index (Phi) is 5.44. The normalized spacial score (nSPS) is 10.9. The fourth-order valence-corrected chi connectivity index (χ4v) is 3.08. The first kappa shape index (κ1) is 19.5. The third-order valence-corrected chi connectivity index (χ3v) is 4.78. The molecule has 0 fully saturated rings. The van der Waals surface area contributed by atoms with Gasteiger partial charge in [0.15, 0.2) is 0 Å². The SMILES string of the molecule is CCc1cc(=O)n(CC(=O)Nc2cccc(C)c2C)c(-n2nc(C)cc2C)n1. The van der Waals surface area contributed by atoms with Crippen molar-refractivity contribution in [1.29, 1.82) is 0 Å². The van der Waals surface area contributed by atoms with Gasteiger partial charge in [0.2, 0.25) is 11.9 Å². The lowest BCUT2D eigenvalue weighted by molar-refractivity contribution is -0.116. The summed E-state index contributed by atoms with van der Waals surface area (Å²) >= 11 is 0. The molecule has 0 unspecified atom stereocenters. The number of nitrogens with zero attached hydrogens (tertiary/aromatic N) is 4. The lowest BCUT2D eigenvalue weighted by Gasteiger charge is -2.15. The second kappa shape index (κ2) is 7.80. The Labute approximate surface area is 164 Å². The highest BCUT2D eigenvalue weighted by Gasteiger charge is 2.16. The molecule has 1 amide bonds. The predicted molar refractivity (Wildman–Crippen MR) is 109 cm³/mol. The highest BCUT2D eigenvalue weighted by molar-refractivity contribution is 5.91. The van der Waals surface area contributed by atoms with Crippen LogP contribution in [0.25, 0.3) is 5.95 Å². The molecule has 3 rings (SSSR count). The Morgan fingerprint density at radius 2 is 1.89 bits per heavy atom. The molecule has 0 saturated heterocycles. The summed E-state index contributed by atoms with van der Waals surface area (Å²) < 4.78 is 2.97. The molecule has 1 aromatic carbocycles. The maximum absolute atomic E-state index is 12.7. The van der Waals surface area contributed by atoms with Crippen LogP contribution < -0.4 is 10.9 Å². The summed E-state index contributed by atoms with van der Waals surface area (Å²) in [6.07, 6.45) is 0.622. The van der Waals surface area contributed by atoms with Crippen LogP contribution >= 0.6 is 0 Å². The predicted octanol–water partition coefficient (Wildman–Crippen LogP) is 2.86. The van der Waals surface area contributed by atoms with E-state index in [1.165, 1.54) is 10.6 Å². The fourth-order valence-electron chi connectivity index (χ4n) is 3.08. The van der Waals surface area contributed by atoms with Crippen LogP contribution in [0.3, 0.4) is 0 Å². The van der Waals surface area contributed by atoms with Gasteiger partial charge in [-0.05, 0) is 57.4 Å². The van der Waals surface area contributed by atoms with Gasteiger partial charge < -0.3 is 5.32 Å². The molecule has 2 aromatic heterocycles. The Morgan fingerprint density at radius 3 is 2.54 bits per heavy atom. The van der Waals surface area contributed by atoms with Crippen LogP contribution in [0, 0.1) is 27.7 Å². The average molecular weight is 379 g/mol. The molecule has 0 aliphatic carbocycles. The Balaban J connectivity index is 1.99. The quantitative estimate of drug-likeness (QED) is 0.739. The van der Waals surface area contributed by atoms with E-state index in [9.17, 15) is 9.59 Å². The van der Waals surface area contributed by atoms with Gasteiger partial charge in [-0.25, -0.2) is 9.67 Å². The van der Waals surface area contributed by atoms with Crippen LogP contribution in [0.4, 0.5) is 5.69 Å². The average Bonchev–Trinajstić information content (AvgIpc) is 2.98. The van der Waals surface area contributed by atoms with Crippen LogP contribution in [0.5, 0.6) is 0 Å². The molecule has 0 saturated carbocycles. The zero-order valence-corrected chi connectivity index (χ0v) is 16.9. The Morgan fingerprint density at radius 1 is 1.14 bits per heavy atom. The topological polar surface area (TPSA) is 81.8 Å². The van der Waals surface area contributed by atoms with Crippen molar-refractivity contribution in [2.24, 2.45) is 0 Å². The number of amides is 1. The summed E-state index contributed by atoms with van der Waals surface area (Å²) in [6.45, 7) is 9.51. The van der Waals surface area contributed by atoms with E-state index in [0.717, 1.165) is 28.2 Å². The number of nitrogens with one attached hydrogen (secondary N) is 1. The number of benzene rings is 1. The first-order valence-corrected chi connectivity index (χ1v) is 9.30. The number of carbonyl (C=O) groups is 1. The lowest BCUT2D eigenvalue weighted by atomic mass is 10.1. The third kappa shape index (κ3) is 3.88. The molecule has 7 nitrogen and oxygen atoms in total. The number of hydrogen-bond donors (Lipinski definition) is 1. The van der Waals surface area contributed by atoms with Gasteiger partial charge in [-0.1, -0.05) is 19.1 Å². The molecule has 3 aromatic rings. The minimum Gasteiger partial charge on any atom is -0.324 e. The van der Waals surface area contributed by atoms with Gasteiger partial charge >= 0.3 is 0 Å². The summed E-state index contributed by atoms with van der Waals surface area (Å²) in [6, 6.07) is 9.11. The first-order chi connectivity index (χ1) is 13.3. The van der Waals surface area contributed by atoms with Gasteiger partial charge in [0.25, 0.3) is 5.56 Å². The Bertz CT molecular complexity index is 1090.